The van der Waals surface area contributed by atoms with Gasteiger partial charge in [-0.3, -0.25) is 4.99 Å². The van der Waals surface area contributed by atoms with Crippen LogP contribution in [0.4, 0.5) is 5.82 Å². The molecule has 6 nitrogen and oxygen atoms in total. The number of aromatic nitrogens is 4. The third kappa shape index (κ3) is 2.57. The quantitative estimate of drug-likeness (QED) is 0.820. The van der Waals surface area contributed by atoms with Crippen molar-refractivity contribution in [3.8, 4) is 0 Å². The second-order valence-electron chi connectivity index (χ2n) is 8.32. The summed E-state index contributed by atoms with van der Waals surface area (Å²) in [7, 11) is 0. The molecule has 27 heavy (non-hydrogen) atoms. The van der Waals surface area contributed by atoms with Crippen LogP contribution in [0.3, 0.4) is 0 Å². The van der Waals surface area contributed by atoms with Crippen molar-refractivity contribution in [1.82, 2.24) is 19.9 Å². The van der Waals surface area contributed by atoms with E-state index < -0.39 is 0 Å². The van der Waals surface area contributed by atoms with Crippen LogP contribution in [0.2, 0.25) is 0 Å². The minimum absolute atomic E-state index is 0.559. The maximum absolute atomic E-state index is 5.09. The Morgan fingerprint density at radius 3 is 2.81 bits per heavy atom. The first-order valence-corrected chi connectivity index (χ1v) is 10.3. The Morgan fingerprint density at radius 2 is 1.96 bits per heavy atom. The molecular weight excluding hydrogens is 336 g/mol. The number of hydrogen-bond acceptors (Lipinski definition) is 6. The molecular formula is C21H24N6. The lowest BCUT2D eigenvalue weighted by molar-refractivity contribution is 0.643. The van der Waals surface area contributed by atoms with Gasteiger partial charge >= 0.3 is 0 Å². The summed E-state index contributed by atoms with van der Waals surface area (Å²) in [5, 5.41) is 0. The zero-order chi connectivity index (χ0) is 18.0. The lowest BCUT2D eigenvalue weighted by Crippen LogP contribution is -2.27. The van der Waals surface area contributed by atoms with E-state index in [-0.39, 0.29) is 0 Å². The first-order valence-electron chi connectivity index (χ1n) is 10.3. The van der Waals surface area contributed by atoms with Crippen molar-refractivity contribution in [3.05, 3.63) is 41.4 Å². The molecule has 6 heteroatoms. The average molecular weight is 360 g/mol. The molecule has 0 spiro atoms. The van der Waals surface area contributed by atoms with E-state index in [1.807, 2.05) is 18.5 Å². The molecule has 4 unspecified atom stereocenters. The lowest BCUT2D eigenvalue weighted by Gasteiger charge is -2.24. The zero-order valence-corrected chi connectivity index (χ0v) is 15.7. The summed E-state index contributed by atoms with van der Waals surface area (Å²) in [6.07, 6.45) is 9.50. The summed E-state index contributed by atoms with van der Waals surface area (Å²) in [5.74, 6) is 5.17. The molecule has 2 aromatic heterocycles. The molecule has 2 fully saturated rings. The Bertz CT molecular complexity index is 924. The first-order chi connectivity index (χ1) is 13.3. The van der Waals surface area contributed by atoms with E-state index in [1.54, 1.807) is 0 Å². The summed E-state index contributed by atoms with van der Waals surface area (Å²) in [5.41, 5.74) is 3.76. The van der Waals surface area contributed by atoms with Crippen molar-refractivity contribution in [3.63, 3.8) is 0 Å². The third-order valence-electron chi connectivity index (χ3n) is 6.62. The summed E-state index contributed by atoms with van der Waals surface area (Å²) in [4.78, 5) is 26.2. The predicted molar refractivity (Wildman–Crippen MR) is 103 cm³/mol. The molecule has 0 bridgehead atoms. The second kappa shape index (κ2) is 5.81. The topological polar surface area (TPSA) is 67.2 Å². The van der Waals surface area contributed by atoms with Gasteiger partial charge in [0.2, 0.25) is 0 Å². The fraction of sp³-hybridized carbons (Fsp3) is 0.571. The van der Waals surface area contributed by atoms with Gasteiger partial charge in [0, 0.05) is 36.1 Å². The van der Waals surface area contributed by atoms with Gasteiger partial charge in [-0.05, 0) is 56.9 Å². The Labute approximate surface area is 159 Å². The number of nitrogens with zero attached hydrogens (tertiary/aromatic N) is 6. The molecule has 6 rings (SSSR count). The molecule has 0 saturated heterocycles. The van der Waals surface area contributed by atoms with E-state index in [1.165, 1.54) is 36.2 Å². The molecule has 2 aromatic rings. The molecule has 0 aromatic carbocycles. The average Bonchev–Trinajstić information content (AvgIpc) is 3.60. The Kier molecular flexibility index (Phi) is 3.37. The van der Waals surface area contributed by atoms with Gasteiger partial charge in [0.05, 0.1) is 18.3 Å². The van der Waals surface area contributed by atoms with Gasteiger partial charge in [-0.15, -0.1) is 0 Å². The summed E-state index contributed by atoms with van der Waals surface area (Å²) in [6, 6.07) is 2.42. The Hall–Kier alpha value is -2.37. The molecule has 0 N–H and O–H groups in total. The monoisotopic (exact) mass is 360 g/mol. The lowest BCUT2D eigenvalue weighted by atomic mass is 10.1. The van der Waals surface area contributed by atoms with Crippen molar-refractivity contribution in [1.29, 1.82) is 0 Å². The molecule has 138 valence electrons. The van der Waals surface area contributed by atoms with Crippen LogP contribution < -0.4 is 4.90 Å². The molecule has 3 aliphatic carbocycles. The van der Waals surface area contributed by atoms with Gasteiger partial charge in [0.15, 0.2) is 5.82 Å². The van der Waals surface area contributed by atoms with E-state index in [9.17, 15) is 0 Å². The van der Waals surface area contributed by atoms with Crippen LogP contribution in [0.1, 0.15) is 49.1 Å². The van der Waals surface area contributed by atoms with Crippen molar-refractivity contribution in [2.45, 2.75) is 51.6 Å². The van der Waals surface area contributed by atoms with E-state index >= 15 is 0 Å². The number of aliphatic imine (C=N–C) groups is 1. The molecule has 1 aliphatic heterocycles. The maximum atomic E-state index is 5.09. The second-order valence-corrected chi connectivity index (χ2v) is 8.32. The number of rotatable bonds is 5. The SMILES string of the molecule is CCN(Cc1ncccn1)c1nc(C2=NC3CC3C3CC23)nc2c1CCC2. The van der Waals surface area contributed by atoms with Crippen LogP contribution in [0.25, 0.3) is 0 Å². The van der Waals surface area contributed by atoms with Crippen LogP contribution in [-0.2, 0) is 19.4 Å². The van der Waals surface area contributed by atoms with Crippen molar-refractivity contribution >= 4 is 11.5 Å². The van der Waals surface area contributed by atoms with Gasteiger partial charge in [0.25, 0.3) is 0 Å². The van der Waals surface area contributed by atoms with Crippen LogP contribution >= 0.6 is 0 Å². The summed E-state index contributed by atoms with van der Waals surface area (Å²) < 4.78 is 0. The zero-order valence-electron chi connectivity index (χ0n) is 15.7. The van der Waals surface area contributed by atoms with Crippen molar-refractivity contribution < 1.29 is 0 Å². The van der Waals surface area contributed by atoms with Crippen molar-refractivity contribution in [2.75, 3.05) is 11.4 Å². The molecule has 0 amide bonds. The van der Waals surface area contributed by atoms with E-state index in [0.29, 0.717) is 18.5 Å². The van der Waals surface area contributed by atoms with E-state index in [4.69, 9.17) is 15.0 Å². The normalized spacial score (nSPS) is 29.4. The highest BCUT2D eigenvalue weighted by Gasteiger charge is 2.59. The summed E-state index contributed by atoms with van der Waals surface area (Å²) in [6.45, 7) is 3.74. The maximum Gasteiger partial charge on any atom is 0.176 e. The van der Waals surface area contributed by atoms with Gasteiger partial charge < -0.3 is 4.90 Å². The van der Waals surface area contributed by atoms with Gasteiger partial charge in [0.1, 0.15) is 11.6 Å². The van der Waals surface area contributed by atoms with Crippen LogP contribution in [0, 0.1) is 17.8 Å². The molecule has 4 atom stereocenters. The highest BCUT2D eigenvalue weighted by Crippen LogP contribution is 2.60. The van der Waals surface area contributed by atoms with Crippen LogP contribution in [-0.4, -0.2) is 38.2 Å². The first kappa shape index (κ1) is 15.7. The molecule has 3 heterocycles. The highest BCUT2D eigenvalue weighted by atomic mass is 15.2. The number of hydrogen-bond donors (Lipinski definition) is 0. The Morgan fingerprint density at radius 1 is 1.07 bits per heavy atom. The van der Waals surface area contributed by atoms with E-state index in [0.717, 1.165) is 48.7 Å². The minimum atomic E-state index is 0.559. The predicted octanol–water partition coefficient (Wildman–Crippen LogP) is 2.61. The van der Waals surface area contributed by atoms with Gasteiger partial charge in [-0.25, -0.2) is 19.9 Å². The third-order valence-corrected chi connectivity index (χ3v) is 6.62. The highest BCUT2D eigenvalue weighted by molar-refractivity contribution is 6.02. The van der Waals surface area contributed by atoms with Crippen LogP contribution in [0.5, 0.6) is 0 Å². The number of fused-ring (bicyclic) bond motifs is 4. The van der Waals surface area contributed by atoms with Gasteiger partial charge in [-0.1, -0.05) is 0 Å². The smallest absolute Gasteiger partial charge is 0.176 e. The van der Waals surface area contributed by atoms with Gasteiger partial charge in [-0.2, -0.15) is 0 Å². The fourth-order valence-corrected chi connectivity index (χ4v) is 5.02. The largest absolute Gasteiger partial charge is 0.349 e. The van der Waals surface area contributed by atoms with Crippen molar-refractivity contribution in [2.24, 2.45) is 22.7 Å². The Balaban J connectivity index is 1.40. The van der Waals surface area contributed by atoms with Crippen LogP contribution in [0.15, 0.2) is 23.5 Å². The summed E-state index contributed by atoms with van der Waals surface area (Å²) >= 11 is 0. The minimum Gasteiger partial charge on any atom is -0.349 e. The molecule has 4 aliphatic rings. The van der Waals surface area contributed by atoms with E-state index in [2.05, 4.69) is 21.8 Å². The number of aryl methyl sites for hydroxylation is 1. The number of anilines is 1. The fourth-order valence-electron chi connectivity index (χ4n) is 5.02. The molecule has 2 saturated carbocycles. The molecule has 0 radical (unpaired) electrons. The standard InChI is InChI=1S/C21H24N6/c1-2-27(11-18-22-7-4-8-23-18)21-12-5-3-6-16(12)25-20(26-21)19-15-9-13(15)14-10-17(14)24-19/h4,7-8,13-15,17H,2-3,5-6,9-11H2,1H3.